The molecule has 0 spiro atoms. The minimum absolute atomic E-state index is 0.196. The van der Waals surface area contributed by atoms with Crippen LogP contribution in [0, 0.1) is 29.6 Å². The molecule has 4 saturated carbocycles. The second-order valence-corrected chi connectivity index (χ2v) is 6.33. The van der Waals surface area contributed by atoms with E-state index >= 15 is 0 Å². The Bertz CT molecular complexity index is 274. The molecule has 0 heterocycles. The molecule has 6 atom stereocenters. The van der Waals surface area contributed by atoms with Crippen molar-refractivity contribution in [1.29, 1.82) is 0 Å². The Labute approximate surface area is 85.9 Å². The van der Waals surface area contributed by atoms with Crippen molar-refractivity contribution in [2.45, 2.75) is 50.5 Å². The number of rotatable bonds is 0. The zero-order valence-corrected chi connectivity index (χ0v) is 8.78. The van der Waals surface area contributed by atoms with Gasteiger partial charge in [-0.3, -0.25) is 0 Å². The Morgan fingerprint density at radius 2 is 1.79 bits per heavy atom. The first-order valence-corrected chi connectivity index (χ1v) is 6.51. The van der Waals surface area contributed by atoms with Gasteiger partial charge in [0.25, 0.3) is 0 Å². The van der Waals surface area contributed by atoms with Crippen molar-refractivity contribution in [3.05, 3.63) is 0 Å². The number of fused-ring (bicyclic) bond motifs is 4. The Kier molecular flexibility index (Phi) is 1.38. The van der Waals surface area contributed by atoms with Gasteiger partial charge in [0.1, 0.15) is 0 Å². The van der Waals surface area contributed by atoms with Gasteiger partial charge in [0, 0.05) is 0 Å². The van der Waals surface area contributed by atoms with Gasteiger partial charge in [-0.15, -0.1) is 0 Å². The summed E-state index contributed by atoms with van der Waals surface area (Å²) in [4.78, 5) is 0. The molecule has 78 valence electrons. The highest BCUT2D eigenvalue weighted by Crippen LogP contribution is 2.65. The van der Waals surface area contributed by atoms with Gasteiger partial charge in [0.05, 0.1) is 5.60 Å². The van der Waals surface area contributed by atoms with Crippen molar-refractivity contribution in [1.82, 2.24) is 0 Å². The smallest absolute Gasteiger partial charge is 0.0709 e. The molecule has 0 amide bonds. The van der Waals surface area contributed by atoms with E-state index in [-0.39, 0.29) is 5.60 Å². The molecule has 0 aromatic heterocycles. The lowest BCUT2D eigenvalue weighted by Crippen LogP contribution is -2.47. The fraction of sp³-hybridized carbons (Fsp3) is 1.00. The maximum absolute atomic E-state index is 10.9. The van der Waals surface area contributed by atoms with Crippen molar-refractivity contribution >= 4 is 0 Å². The van der Waals surface area contributed by atoms with Crippen LogP contribution in [0.5, 0.6) is 0 Å². The van der Waals surface area contributed by atoms with Gasteiger partial charge in [-0.25, -0.2) is 0 Å². The standard InChI is InChI=1S/C13H20O/c14-13-6-5-8-2-4-11(12(8)13)9-1-3-10(13)7-9/h8-12,14H,1-7H2/t8-,9-,10-,11+,12-,13+/m0/s1. The van der Waals surface area contributed by atoms with Crippen LogP contribution in [0.1, 0.15) is 44.9 Å². The predicted octanol–water partition coefficient (Wildman–Crippen LogP) is 2.58. The number of hydrogen-bond donors (Lipinski definition) is 1. The van der Waals surface area contributed by atoms with Crippen LogP contribution in [-0.2, 0) is 0 Å². The van der Waals surface area contributed by atoms with Crippen molar-refractivity contribution in [3.63, 3.8) is 0 Å². The molecule has 14 heavy (non-hydrogen) atoms. The van der Waals surface area contributed by atoms with Crippen LogP contribution in [0.3, 0.4) is 0 Å². The summed E-state index contributed by atoms with van der Waals surface area (Å²) in [6, 6.07) is 0. The van der Waals surface area contributed by atoms with Crippen molar-refractivity contribution in [3.8, 4) is 0 Å². The zero-order chi connectivity index (χ0) is 9.34. The van der Waals surface area contributed by atoms with E-state index < -0.39 is 0 Å². The van der Waals surface area contributed by atoms with Crippen LogP contribution < -0.4 is 0 Å². The van der Waals surface area contributed by atoms with E-state index in [1.165, 1.54) is 38.5 Å². The first kappa shape index (κ1) is 8.15. The summed E-state index contributed by atoms with van der Waals surface area (Å²) in [5, 5.41) is 10.9. The highest BCUT2D eigenvalue weighted by molar-refractivity contribution is 5.13. The maximum atomic E-state index is 10.9. The van der Waals surface area contributed by atoms with Crippen LogP contribution in [-0.4, -0.2) is 10.7 Å². The van der Waals surface area contributed by atoms with E-state index in [2.05, 4.69) is 0 Å². The summed E-state index contributed by atoms with van der Waals surface area (Å²) >= 11 is 0. The van der Waals surface area contributed by atoms with E-state index in [9.17, 15) is 5.11 Å². The molecule has 0 radical (unpaired) electrons. The molecular formula is C13H20O. The fourth-order valence-corrected chi connectivity index (χ4v) is 5.67. The van der Waals surface area contributed by atoms with E-state index in [0.29, 0.717) is 5.92 Å². The first-order chi connectivity index (χ1) is 6.79. The second kappa shape index (κ2) is 2.37. The van der Waals surface area contributed by atoms with Crippen LogP contribution in [0.2, 0.25) is 0 Å². The van der Waals surface area contributed by atoms with E-state index in [4.69, 9.17) is 0 Å². The van der Waals surface area contributed by atoms with E-state index in [1.54, 1.807) is 0 Å². The molecule has 4 fully saturated rings. The second-order valence-electron chi connectivity index (χ2n) is 6.33. The third kappa shape index (κ3) is 0.743. The summed E-state index contributed by atoms with van der Waals surface area (Å²) in [6.45, 7) is 0. The number of hydrogen-bond acceptors (Lipinski definition) is 1. The molecule has 0 aliphatic heterocycles. The zero-order valence-electron chi connectivity index (χ0n) is 8.78. The lowest BCUT2D eigenvalue weighted by molar-refractivity contribution is -0.0939. The molecule has 1 heteroatoms. The average Bonchev–Trinajstić information content (AvgIpc) is 2.82. The average molecular weight is 192 g/mol. The van der Waals surface area contributed by atoms with Crippen LogP contribution in [0.15, 0.2) is 0 Å². The van der Waals surface area contributed by atoms with Gasteiger partial charge in [0.2, 0.25) is 0 Å². The lowest BCUT2D eigenvalue weighted by Gasteiger charge is -2.44. The molecule has 0 aromatic carbocycles. The Morgan fingerprint density at radius 1 is 0.929 bits per heavy atom. The minimum Gasteiger partial charge on any atom is -0.389 e. The Morgan fingerprint density at radius 3 is 2.71 bits per heavy atom. The Hall–Kier alpha value is -0.0400. The summed E-state index contributed by atoms with van der Waals surface area (Å²) in [5.74, 6) is 4.26. The van der Waals surface area contributed by atoms with Crippen molar-refractivity contribution < 1.29 is 5.11 Å². The molecule has 4 aliphatic carbocycles. The van der Waals surface area contributed by atoms with Gasteiger partial charge < -0.3 is 5.11 Å². The van der Waals surface area contributed by atoms with Crippen molar-refractivity contribution in [2.24, 2.45) is 29.6 Å². The summed E-state index contributed by atoms with van der Waals surface area (Å²) in [5.41, 5.74) is -0.196. The van der Waals surface area contributed by atoms with Crippen LogP contribution in [0.25, 0.3) is 0 Å². The van der Waals surface area contributed by atoms with Gasteiger partial charge in [0.15, 0.2) is 0 Å². The third-order valence-electron chi connectivity index (χ3n) is 6.12. The lowest BCUT2D eigenvalue weighted by atomic mass is 9.65. The molecular weight excluding hydrogens is 172 g/mol. The molecule has 0 unspecified atom stereocenters. The molecule has 1 nitrogen and oxygen atoms in total. The summed E-state index contributed by atoms with van der Waals surface area (Å²) in [7, 11) is 0. The summed E-state index contributed by atoms with van der Waals surface area (Å²) in [6.07, 6.45) is 9.47. The predicted molar refractivity (Wildman–Crippen MR) is 54.7 cm³/mol. The summed E-state index contributed by atoms with van der Waals surface area (Å²) < 4.78 is 0. The highest BCUT2D eigenvalue weighted by atomic mass is 16.3. The monoisotopic (exact) mass is 192 g/mol. The fourth-order valence-electron chi connectivity index (χ4n) is 5.67. The van der Waals surface area contributed by atoms with Gasteiger partial charge in [-0.1, -0.05) is 0 Å². The van der Waals surface area contributed by atoms with E-state index in [1.807, 2.05) is 0 Å². The minimum atomic E-state index is -0.196. The normalized spacial score (nSPS) is 64.5. The molecule has 0 aromatic rings. The first-order valence-electron chi connectivity index (χ1n) is 6.51. The van der Waals surface area contributed by atoms with Crippen molar-refractivity contribution in [2.75, 3.05) is 0 Å². The van der Waals surface area contributed by atoms with Gasteiger partial charge >= 0.3 is 0 Å². The molecule has 4 aliphatic rings. The Balaban J connectivity index is 1.82. The maximum Gasteiger partial charge on any atom is 0.0709 e. The molecule has 2 bridgehead atoms. The molecule has 1 N–H and O–H groups in total. The quantitative estimate of drug-likeness (QED) is 0.625. The largest absolute Gasteiger partial charge is 0.389 e. The topological polar surface area (TPSA) is 20.2 Å². The number of aliphatic hydroxyl groups is 1. The van der Waals surface area contributed by atoms with Crippen LogP contribution in [0.4, 0.5) is 0 Å². The van der Waals surface area contributed by atoms with Crippen LogP contribution >= 0.6 is 0 Å². The molecule has 0 saturated heterocycles. The SMILES string of the molecule is O[C@]12CC[C@@H]3CC[C@H]([C@H]4CC[C@H]1C4)[C@H]32. The van der Waals surface area contributed by atoms with Gasteiger partial charge in [-0.2, -0.15) is 0 Å². The van der Waals surface area contributed by atoms with E-state index in [0.717, 1.165) is 30.1 Å². The third-order valence-corrected chi connectivity index (χ3v) is 6.12. The molecule has 4 rings (SSSR count). The highest BCUT2D eigenvalue weighted by Gasteiger charge is 2.63. The van der Waals surface area contributed by atoms with Gasteiger partial charge in [-0.05, 0) is 74.5 Å².